The van der Waals surface area contributed by atoms with Crippen molar-refractivity contribution >= 4 is 6.03 Å². The van der Waals surface area contributed by atoms with Gasteiger partial charge in [-0.3, -0.25) is 0 Å². The lowest BCUT2D eigenvalue weighted by Gasteiger charge is -2.12. The Labute approximate surface area is 120 Å². The van der Waals surface area contributed by atoms with Crippen LogP contribution in [0.15, 0.2) is 18.2 Å². The number of rotatable bonds is 8. The van der Waals surface area contributed by atoms with E-state index in [0.717, 1.165) is 23.3 Å². The molecule has 0 aliphatic rings. The minimum absolute atomic E-state index is 0.0872. The first kappa shape index (κ1) is 16.3. The lowest BCUT2D eigenvalue weighted by molar-refractivity contribution is 0.236. The van der Waals surface area contributed by atoms with E-state index in [1.165, 1.54) is 0 Å². The molecule has 0 unspecified atom stereocenters. The van der Waals surface area contributed by atoms with Crippen molar-refractivity contribution in [3.63, 3.8) is 0 Å². The molecular formula is C15H24N2O3. The summed E-state index contributed by atoms with van der Waals surface area (Å²) in [5.41, 5.74) is 2.25. The summed E-state index contributed by atoms with van der Waals surface area (Å²) < 4.78 is 5.74. The molecule has 0 aromatic heterocycles. The lowest BCUT2D eigenvalue weighted by atomic mass is 10.1. The van der Waals surface area contributed by atoms with Crippen LogP contribution >= 0.6 is 0 Å². The van der Waals surface area contributed by atoms with Crippen LogP contribution in [0.3, 0.4) is 0 Å². The van der Waals surface area contributed by atoms with E-state index in [9.17, 15) is 4.79 Å². The Morgan fingerprint density at radius 3 is 2.35 bits per heavy atom. The van der Waals surface area contributed by atoms with Crippen LogP contribution in [0, 0.1) is 13.8 Å². The zero-order valence-electron chi connectivity index (χ0n) is 12.2. The van der Waals surface area contributed by atoms with Crippen molar-refractivity contribution in [2.75, 3.05) is 26.3 Å². The van der Waals surface area contributed by atoms with Crippen molar-refractivity contribution < 1.29 is 14.6 Å². The first-order valence-electron chi connectivity index (χ1n) is 6.96. The number of aliphatic hydroxyl groups excluding tert-OH is 1. The molecular weight excluding hydrogens is 256 g/mol. The largest absolute Gasteiger partial charge is 0.493 e. The third-order valence-corrected chi connectivity index (χ3v) is 2.88. The number of nitrogens with one attached hydrogen (secondary N) is 2. The summed E-state index contributed by atoms with van der Waals surface area (Å²) >= 11 is 0. The van der Waals surface area contributed by atoms with Crippen LogP contribution in [-0.2, 0) is 0 Å². The summed E-state index contributed by atoms with van der Waals surface area (Å²) in [6.45, 7) is 5.76. The summed E-state index contributed by atoms with van der Waals surface area (Å²) in [5, 5.41) is 14.0. The fourth-order valence-electron chi connectivity index (χ4n) is 1.82. The Morgan fingerprint density at radius 2 is 1.75 bits per heavy atom. The zero-order chi connectivity index (χ0) is 14.8. The van der Waals surface area contributed by atoms with Gasteiger partial charge >= 0.3 is 6.03 Å². The average molecular weight is 280 g/mol. The van der Waals surface area contributed by atoms with Gasteiger partial charge in [0.15, 0.2) is 0 Å². The summed E-state index contributed by atoms with van der Waals surface area (Å²) in [6.07, 6.45) is 1.32. The molecule has 0 bridgehead atoms. The van der Waals surface area contributed by atoms with Crippen LogP contribution in [0.4, 0.5) is 4.79 Å². The highest BCUT2D eigenvalue weighted by molar-refractivity contribution is 5.73. The molecule has 5 heteroatoms. The lowest BCUT2D eigenvalue weighted by Crippen LogP contribution is -2.37. The van der Waals surface area contributed by atoms with Crippen LogP contribution < -0.4 is 15.4 Å². The van der Waals surface area contributed by atoms with Gasteiger partial charge in [0.2, 0.25) is 0 Å². The molecule has 0 saturated carbocycles. The van der Waals surface area contributed by atoms with E-state index in [-0.39, 0.29) is 12.6 Å². The van der Waals surface area contributed by atoms with E-state index in [4.69, 9.17) is 9.84 Å². The third kappa shape index (κ3) is 5.93. The van der Waals surface area contributed by atoms with E-state index in [2.05, 4.69) is 10.6 Å². The highest BCUT2D eigenvalue weighted by Crippen LogP contribution is 2.22. The minimum Gasteiger partial charge on any atom is -0.493 e. The van der Waals surface area contributed by atoms with Gasteiger partial charge in [-0.2, -0.15) is 0 Å². The number of hydrogen-bond donors (Lipinski definition) is 3. The number of ether oxygens (including phenoxy) is 1. The molecule has 1 aromatic carbocycles. The molecule has 5 nitrogen and oxygen atoms in total. The highest BCUT2D eigenvalue weighted by atomic mass is 16.5. The molecule has 0 fully saturated rings. The second-order valence-electron chi connectivity index (χ2n) is 4.68. The van der Waals surface area contributed by atoms with Crippen LogP contribution in [0.1, 0.15) is 24.0 Å². The number of carbonyl (C=O) groups is 1. The summed E-state index contributed by atoms with van der Waals surface area (Å²) in [5.74, 6) is 0.930. The number of aryl methyl sites for hydroxylation is 2. The van der Waals surface area contributed by atoms with Gasteiger partial charge in [0.1, 0.15) is 5.75 Å². The van der Waals surface area contributed by atoms with Crippen molar-refractivity contribution in [3.8, 4) is 5.75 Å². The van der Waals surface area contributed by atoms with E-state index in [1.54, 1.807) is 0 Å². The molecule has 0 spiro atoms. The molecule has 2 amide bonds. The Kier molecular flexibility index (Phi) is 7.50. The molecule has 0 radical (unpaired) electrons. The second-order valence-corrected chi connectivity index (χ2v) is 4.68. The number of hydrogen-bond acceptors (Lipinski definition) is 3. The predicted octanol–water partition coefficient (Wildman–Crippen LogP) is 1.75. The Hall–Kier alpha value is -1.75. The molecule has 1 aromatic rings. The maximum atomic E-state index is 11.3. The SMILES string of the molecule is Cc1cccc(C)c1OCCCNC(=O)NCCCO. The zero-order valence-corrected chi connectivity index (χ0v) is 12.2. The standard InChI is InChI=1S/C15H24N2O3/c1-12-6-3-7-13(2)14(12)20-11-5-9-17-15(19)16-8-4-10-18/h3,6-7,18H,4-5,8-11H2,1-2H3,(H2,16,17,19). The number of amides is 2. The number of aliphatic hydroxyl groups is 1. The average Bonchev–Trinajstić information content (AvgIpc) is 2.41. The molecule has 3 N–H and O–H groups in total. The van der Waals surface area contributed by atoms with Gasteiger partial charge in [0, 0.05) is 19.7 Å². The van der Waals surface area contributed by atoms with Crippen LogP contribution in [0.2, 0.25) is 0 Å². The van der Waals surface area contributed by atoms with Crippen molar-refractivity contribution in [1.82, 2.24) is 10.6 Å². The fraction of sp³-hybridized carbons (Fsp3) is 0.533. The molecule has 0 atom stereocenters. The minimum atomic E-state index is -0.203. The van der Waals surface area contributed by atoms with Gasteiger partial charge in [-0.25, -0.2) is 4.79 Å². The van der Waals surface area contributed by atoms with Crippen molar-refractivity contribution in [2.45, 2.75) is 26.7 Å². The van der Waals surface area contributed by atoms with E-state index in [1.807, 2.05) is 32.0 Å². The molecule has 0 aliphatic heterocycles. The molecule has 0 aliphatic carbocycles. The number of urea groups is 1. The molecule has 1 rings (SSSR count). The summed E-state index contributed by atoms with van der Waals surface area (Å²) in [6, 6.07) is 5.85. The van der Waals surface area contributed by atoms with Crippen molar-refractivity contribution in [3.05, 3.63) is 29.3 Å². The van der Waals surface area contributed by atoms with Crippen LogP contribution in [-0.4, -0.2) is 37.4 Å². The van der Waals surface area contributed by atoms with Crippen LogP contribution in [0.5, 0.6) is 5.75 Å². The van der Waals surface area contributed by atoms with Gasteiger partial charge < -0.3 is 20.5 Å². The maximum absolute atomic E-state index is 11.3. The first-order chi connectivity index (χ1) is 9.65. The number of benzene rings is 1. The maximum Gasteiger partial charge on any atom is 0.314 e. The summed E-state index contributed by atoms with van der Waals surface area (Å²) in [4.78, 5) is 11.3. The van der Waals surface area contributed by atoms with Crippen molar-refractivity contribution in [2.24, 2.45) is 0 Å². The molecule has 0 heterocycles. The number of para-hydroxylation sites is 1. The van der Waals surface area contributed by atoms with Gasteiger partial charge in [0.25, 0.3) is 0 Å². The van der Waals surface area contributed by atoms with E-state index in [0.29, 0.717) is 26.1 Å². The monoisotopic (exact) mass is 280 g/mol. The molecule has 0 saturated heterocycles. The van der Waals surface area contributed by atoms with Gasteiger partial charge in [-0.1, -0.05) is 18.2 Å². The predicted molar refractivity (Wildman–Crippen MR) is 79.1 cm³/mol. The van der Waals surface area contributed by atoms with Crippen molar-refractivity contribution in [1.29, 1.82) is 0 Å². The van der Waals surface area contributed by atoms with E-state index < -0.39 is 0 Å². The topological polar surface area (TPSA) is 70.6 Å². The molecule has 20 heavy (non-hydrogen) atoms. The van der Waals surface area contributed by atoms with Gasteiger partial charge in [0.05, 0.1) is 6.61 Å². The quantitative estimate of drug-likeness (QED) is 0.635. The highest BCUT2D eigenvalue weighted by Gasteiger charge is 2.03. The molecule has 112 valence electrons. The number of carbonyl (C=O) groups excluding carboxylic acids is 1. The Bertz CT molecular complexity index is 401. The van der Waals surface area contributed by atoms with Crippen LogP contribution in [0.25, 0.3) is 0 Å². The fourth-order valence-corrected chi connectivity index (χ4v) is 1.82. The van der Waals surface area contributed by atoms with Gasteiger partial charge in [-0.05, 0) is 37.8 Å². The summed E-state index contributed by atoms with van der Waals surface area (Å²) in [7, 11) is 0. The first-order valence-corrected chi connectivity index (χ1v) is 6.96. The normalized spacial score (nSPS) is 10.2. The Morgan fingerprint density at radius 1 is 1.15 bits per heavy atom. The Balaban J connectivity index is 2.14. The van der Waals surface area contributed by atoms with Gasteiger partial charge in [-0.15, -0.1) is 0 Å². The smallest absolute Gasteiger partial charge is 0.314 e. The van der Waals surface area contributed by atoms with E-state index >= 15 is 0 Å². The second kappa shape index (κ2) is 9.20. The third-order valence-electron chi connectivity index (χ3n) is 2.88.